The summed E-state index contributed by atoms with van der Waals surface area (Å²) >= 11 is 0. The predicted octanol–water partition coefficient (Wildman–Crippen LogP) is 5.02. The van der Waals surface area contributed by atoms with Gasteiger partial charge in [-0.1, -0.05) is 41.5 Å². The lowest BCUT2D eigenvalue weighted by Crippen LogP contribution is -2.47. The molecule has 1 aromatic rings. The molecule has 0 spiro atoms. The zero-order chi connectivity index (χ0) is 17.8. The first-order valence-electron chi connectivity index (χ1n) is 8.30. The third-order valence-electron chi connectivity index (χ3n) is 4.76. The van der Waals surface area contributed by atoms with Gasteiger partial charge in [0, 0.05) is 5.56 Å². The topological polar surface area (TPSA) is 38.7 Å². The van der Waals surface area contributed by atoms with E-state index in [-0.39, 0.29) is 19.0 Å². The van der Waals surface area contributed by atoms with Crippen molar-refractivity contribution in [1.82, 2.24) is 0 Å². The fourth-order valence-corrected chi connectivity index (χ4v) is 9.17. The van der Waals surface area contributed by atoms with Crippen LogP contribution < -0.4 is 4.74 Å². The molecule has 1 rings (SSSR count). The van der Waals surface area contributed by atoms with Gasteiger partial charge in [0.25, 0.3) is 0 Å². The summed E-state index contributed by atoms with van der Waals surface area (Å²) in [5.41, 5.74) is 2.40. The summed E-state index contributed by atoms with van der Waals surface area (Å²) < 4.78 is 26.0. The Bertz CT molecular complexity index is 493. The Morgan fingerprint density at radius 3 is 1.96 bits per heavy atom. The number of methoxy groups -OCH3 is 1. The highest BCUT2D eigenvalue weighted by molar-refractivity contribution is 6.77. The molecule has 0 heterocycles. The van der Waals surface area contributed by atoms with Gasteiger partial charge in [-0.15, -0.1) is 0 Å². The summed E-state index contributed by atoms with van der Waals surface area (Å²) in [4.78, 5) is 0. The van der Waals surface area contributed by atoms with Crippen molar-refractivity contribution in [3.63, 3.8) is 0 Å². The Balaban J connectivity index is 3.16. The third-order valence-corrected chi connectivity index (χ3v) is 10.8. The number of benzene rings is 1. The first-order chi connectivity index (χ1) is 10.7. The van der Waals surface area contributed by atoms with Crippen molar-refractivity contribution >= 4 is 8.32 Å². The van der Waals surface area contributed by atoms with Gasteiger partial charge in [-0.05, 0) is 34.3 Å². The number of hydrogen-bond donors (Lipinski definition) is 1. The van der Waals surface area contributed by atoms with E-state index in [2.05, 4.69) is 41.5 Å². The average molecular weight is 343 g/mol. The maximum atomic E-state index is 14.5. The lowest BCUT2D eigenvalue weighted by atomic mass is 10.1. The molecule has 0 atom stereocenters. The Kier molecular flexibility index (Phi) is 7.23. The maximum Gasteiger partial charge on any atom is 0.200 e. The zero-order valence-electron chi connectivity index (χ0n) is 15.4. The molecule has 132 valence electrons. The monoisotopic (exact) mass is 342 g/mol. The van der Waals surface area contributed by atoms with Crippen LogP contribution in [0.5, 0.6) is 5.75 Å². The van der Waals surface area contributed by atoms with Crippen LogP contribution in [0.15, 0.2) is 12.1 Å². The minimum atomic E-state index is -2.06. The van der Waals surface area contributed by atoms with Gasteiger partial charge in [0.1, 0.15) is 0 Å². The zero-order valence-corrected chi connectivity index (χ0v) is 16.4. The first-order valence-corrected chi connectivity index (χ1v) is 10.4. The van der Waals surface area contributed by atoms with Crippen molar-refractivity contribution in [2.24, 2.45) is 0 Å². The van der Waals surface area contributed by atoms with E-state index >= 15 is 0 Å². The number of aliphatic hydroxyl groups is 1. The Morgan fingerprint density at radius 2 is 1.57 bits per heavy atom. The van der Waals surface area contributed by atoms with Crippen molar-refractivity contribution in [3.05, 3.63) is 29.1 Å². The first kappa shape index (κ1) is 20.1. The van der Waals surface area contributed by atoms with Gasteiger partial charge in [-0.2, -0.15) is 0 Å². The van der Waals surface area contributed by atoms with E-state index in [1.165, 1.54) is 13.2 Å². The Hall–Kier alpha value is -0.913. The summed E-state index contributed by atoms with van der Waals surface area (Å²) in [5, 5.41) is 9.36. The van der Waals surface area contributed by atoms with Gasteiger partial charge in [0.15, 0.2) is 11.6 Å². The quantitative estimate of drug-likeness (QED) is 0.674. The largest absolute Gasteiger partial charge is 0.494 e. The lowest BCUT2D eigenvalue weighted by molar-refractivity contribution is 0.256. The third kappa shape index (κ3) is 4.14. The molecule has 0 amide bonds. The highest BCUT2D eigenvalue weighted by atomic mass is 28.4. The molecule has 0 aromatic heterocycles. The van der Waals surface area contributed by atoms with Crippen molar-refractivity contribution < 1.29 is 18.7 Å². The number of ether oxygens (including phenoxy) is 1. The van der Waals surface area contributed by atoms with Gasteiger partial charge >= 0.3 is 0 Å². The molecule has 0 aliphatic carbocycles. The summed E-state index contributed by atoms with van der Waals surface area (Å²) in [7, 11) is -0.628. The van der Waals surface area contributed by atoms with E-state index < -0.39 is 14.1 Å². The molecule has 0 radical (unpaired) electrons. The summed E-state index contributed by atoms with van der Waals surface area (Å²) in [5.74, 6) is -0.245. The molecule has 0 bridgehead atoms. The summed E-state index contributed by atoms with van der Waals surface area (Å²) in [6, 6.07) is 3.19. The highest BCUT2D eigenvalue weighted by Crippen LogP contribution is 2.43. The van der Waals surface area contributed by atoms with E-state index in [0.717, 1.165) is 0 Å². The van der Waals surface area contributed by atoms with E-state index in [1.807, 2.05) is 0 Å². The molecular weight excluding hydrogens is 311 g/mol. The lowest BCUT2D eigenvalue weighted by Gasteiger charge is -2.42. The average Bonchev–Trinajstić information content (AvgIpc) is 2.48. The van der Waals surface area contributed by atoms with Crippen LogP contribution in [0.3, 0.4) is 0 Å². The fourth-order valence-electron chi connectivity index (χ4n) is 3.77. The summed E-state index contributed by atoms with van der Waals surface area (Å²) in [6.07, 6.45) is 0. The van der Waals surface area contributed by atoms with Crippen molar-refractivity contribution in [2.75, 3.05) is 7.11 Å². The smallest absolute Gasteiger partial charge is 0.200 e. The van der Waals surface area contributed by atoms with Gasteiger partial charge in [0.05, 0.1) is 20.3 Å². The van der Waals surface area contributed by atoms with E-state index in [0.29, 0.717) is 27.8 Å². The maximum absolute atomic E-state index is 14.5. The van der Waals surface area contributed by atoms with Gasteiger partial charge in [0.2, 0.25) is 8.32 Å². The van der Waals surface area contributed by atoms with Crippen LogP contribution in [0, 0.1) is 5.82 Å². The number of rotatable bonds is 8. The number of halogens is 1. The standard InChI is InChI=1S/C18H31FO3Si/c1-12(2)23(13(3)4,14(5)6)22-11-16-8-15(10-20)9-17(21-7)18(16)19/h8-9,12-14,20H,10-11H2,1-7H3. The molecule has 5 heteroatoms. The molecule has 1 aromatic carbocycles. The van der Waals surface area contributed by atoms with Gasteiger partial charge < -0.3 is 14.3 Å². The molecule has 0 aliphatic rings. The van der Waals surface area contributed by atoms with E-state index in [1.54, 1.807) is 6.07 Å². The molecule has 0 unspecified atom stereocenters. The van der Waals surface area contributed by atoms with Crippen LogP contribution in [0.4, 0.5) is 4.39 Å². The molecule has 0 fully saturated rings. The molecule has 1 N–H and O–H groups in total. The predicted molar refractivity (Wildman–Crippen MR) is 94.7 cm³/mol. The molecular formula is C18H31FO3Si. The van der Waals surface area contributed by atoms with E-state index in [9.17, 15) is 9.50 Å². The van der Waals surface area contributed by atoms with Crippen molar-refractivity contribution in [1.29, 1.82) is 0 Å². The summed E-state index contributed by atoms with van der Waals surface area (Å²) in [6.45, 7) is 13.3. The van der Waals surface area contributed by atoms with Crippen LogP contribution in [-0.2, 0) is 17.6 Å². The fraction of sp³-hybridized carbons (Fsp3) is 0.667. The van der Waals surface area contributed by atoms with Crippen LogP contribution in [0.2, 0.25) is 16.6 Å². The number of aliphatic hydroxyl groups excluding tert-OH is 1. The van der Waals surface area contributed by atoms with Crippen LogP contribution in [0.25, 0.3) is 0 Å². The van der Waals surface area contributed by atoms with Crippen molar-refractivity contribution in [3.8, 4) is 5.75 Å². The minimum Gasteiger partial charge on any atom is -0.494 e. The molecule has 0 saturated carbocycles. The SMILES string of the molecule is COc1cc(CO)cc(CO[Si](C(C)C)(C(C)C)C(C)C)c1F. The second-order valence-corrected chi connectivity index (χ2v) is 12.5. The molecule has 3 nitrogen and oxygen atoms in total. The van der Waals surface area contributed by atoms with E-state index in [4.69, 9.17) is 9.16 Å². The minimum absolute atomic E-state index is 0.148. The van der Waals surface area contributed by atoms with Crippen LogP contribution in [0.1, 0.15) is 52.7 Å². The second kappa shape index (κ2) is 8.26. The van der Waals surface area contributed by atoms with Crippen LogP contribution >= 0.6 is 0 Å². The number of hydrogen-bond acceptors (Lipinski definition) is 3. The van der Waals surface area contributed by atoms with Crippen LogP contribution in [-0.4, -0.2) is 20.5 Å². The van der Waals surface area contributed by atoms with Gasteiger partial charge in [-0.3, -0.25) is 0 Å². The molecule has 0 saturated heterocycles. The molecule has 0 aliphatic heterocycles. The van der Waals surface area contributed by atoms with Gasteiger partial charge in [-0.25, -0.2) is 4.39 Å². The normalized spacial score (nSPS) is 12.5. The van der Waals surface area contributed by atoms with Crippen molar-refractivity contribution in [2.45, 2.75) is 71.4 Å². The Labute approximate surface area is 141 Å². The second-order valence-electron chi connectivity index (χ2n) is 7.04. The molecule has 23 heavy (non-hydrogen) atoms. The Morgan fingerprint density at radius 1 is 1.04 bits per heavy atom. The highest BCUT2D eigenvalue weighted by Gasteiger charge is 2.45.